The van der Waals surface area contributed by atoms with Gasteiger partial charge in [-0.2, -0.15) is 4.98 Å². The molecule has 0 amide bonds. The second-order valence-corrected chi connectivity index (χ2v) is 6.32. The molecule has 8 heteroatoms. The Morgan fingerprint density at radius 1 is 1.33 bits per heavy atom. The molecule has 0 spiro atoms. The largest absolute Gasteiger partial charge is 0.384 e. The van der Waals surface area contributed by atoms with Crippen LogP contribution in [-0.2, 0) is 9.84 Å². The van der Waals surface area contributed by atoms with Crippen LogP contribution >= 0.6 is 0 Å². The van der Waals surface area contributed by atoms with Gasteiger partial charge < -0.3 is 5.73 Å². The molecule has 0 radical (unpaired) electrons. The highest BCUT2D eigenvalue weighted by molar-refractivity contribution is 7.92. The number of nitrogens with zero attached hydrogens (tertiary/aromatic N) is 4. The quantitative estimate of drug-likeness (QED) is 0.849. The van der Waals surface area contributed by atoms with Gasteiger partial charge in [0.1, 0.15) is 12.1 Å². The lowest BCUT2D eigenvalue weighted by molar-refractivity contribution is 0.591. The Morgan fingerprint density at radius 3 is 2.78 bits per heavy atom. The standard InChI is InChI=1S/C10H11N5O2S/c11-8-3-4-12-10(14-8)15-5-9(13-6-15)18(16,17)7-1-2-7/h3-7H,1-2H2,(H2,11,12,14). The van der Waals surface area contributed by atoms with Gasteiger partial charge in [0, 0.05) is 6.20 Å². The van der Waals surface area contributed by atoms with Gasteiger partial charge in [0.15, 0.2) is 14.9 Å². The molecule has 1 aliphatic carbocycles. The number of rotatable bonds is 3. The fraction of sp³-hybridized carbons (Fsp3) is 0.300. The number of nitrogens with two attached hydrogens (primary N) is 1. The summed E-state index contributed by atoms with van der Waals surface area (Å²) in [4.78, 5) is 11.9. The molecular weight excluding hydrogens is 254 g/mol. The van der Waals surface area contributed by atoms with E-state index in [0.29, 0.717) is 24.6 Å². The Hall–Kier alpha value is -1.96. The van der Waals surface area contributed by atoms with Crippen molar-refractivity contribution in [1.82, 2.24) is 19.5 Å². The molecule has 0 saturated heterocycles. The zero-order chi connectivity index (χ0) is 12.8. The summed E-state index contributed by atoms with van der Waals surface area (Å²) in [6.45, 7) is 0. The van der Waals surface area contributed by atoms with Gasteiger partial charge in [0.05, 0.1) is 11.4 Å². The summed E-state index contributed by atoms with van der Waals surface area (Å²) in [7, 11) is -3.28. The normalized spacial score (nSPS) is 15.8. The summed E-state index contributed by atoms with van der Waals surface area (Å²) in [5.74, 6) is 0.625. The molecule has 0 aromatic carbocycles. The highest BCUT2D eigenvalue weighted by Gasteiger charge is 2.38. The molecule has 94 valence electrons. The Morgan fingerprint density at radius 2 is 2.11 bits per heavy atom. The van der Waals surface area contributed by atoms with E-state index in [1.54, 1.807) is 6.07 Å². The van der Waals surface area contributed by atoms with E-state index < -0.39 is 9.84 Å². The summed E-state index contributed by atoms with van der Waals surface area (Å²) >= 11 is 0. The fourth-order valence-corrected chi connectivity index (χ4v) is 3.15. The molecule has 2 aromatic heterocycles. The first-order valence-electron chi connectivity index (χ1n) is 5.44. The number of nitrogen functional groups attached to an aromatic ring is 1. The second-order valence-electron chi connectivity index (χ2n) is 4.15. The van der Waals surface area contributed by atoms with Crippen molar-refractivity contribution in [3.63, 3.8) is 0 Å². The van der Waals surface area contributed by atoms with Crippen LogP contribution in [0.15, 0.2) is 29.8 Å². The number of imidazole rings is 1. The van der Waals surface area contributed by atoms with Crippen LogP contribution in [0.4, 0.5) is 5.82 Å². The summed E-state index contributed by atoms with van der Waals surface area (Å²) < 4.78 is 25.4. The van der Waals surface area contributed by atoms with Crippen LogP contribution in [-0.4, -0.2) is 33.2 Å². The van der Waals surface area contributed by atoms with Crippen LogP contribution in [0.2, 0.25) is 0 Å². The van der Waals surface area contributed by atoms with E-state index in [1.807, 2.05) is 0 Å². The van der Waals surface area contributed by atoms with Crippen molar-refractivity contribution in [3.8, 4) is 5.95 Å². The van der Waals surface area contributed by atoms with Gasteiger partial charge in [0.25, 0.3) is 0 Å². The van der Waals surface area contributed by atoms with Crippen LogP contribution in [0, 0.1) is 0 Å². The molecular formula is C10H11N5O2S. The van der Waals surface area contributed by atoms with Crippen LogP contribution in [0.1, 0.15) is 12.8 Å². The minimum absolute atomic E-state index is 0.0658. The maximum atomic E-state index is 12.0. The molecule has 0 atom stereocenters. The first-order valence-corrected chi connectivity index (χ1v) is 6.99. The van der Waals surface area contributed by atoms with E-state index in [4.69, 9.17) is 5.73 Å². The number of hydrogen-bond acceptors (Lipinski definition) is 6. The zero-order valence-electron chi connectivity index (χ0n) is 9.39. The number of sulfone groups is 1. The van der Waals surface area contributed by atoms with Crippen LogP contribution in [0.3, 0.4) is 0 Å². The highest BCUT2D eigenvalue weighted by atomic mass is 32.2. The third-order valence-corrected chi connectivity index (χ3v) is 4.85. The van der Waals surface area contributed by atoms with Gasteiger partial charge in [-0.1, -0.05) is 0 Å². The van der Waals surface area contributed by atoms with Crippen LogP contribution in [0.25, 0.3) is 5.95 Å². The zero-order valence-corrected chi connectivity index (χ0v) is 10.2. The Labute approximate surface area is 104 Å². The molecule has 0 unspecified atom stereocenters. The fourth-order valence-electron chi connectivity index (χ4n) is 1.60. The lowest BCUT2D eigenvalue weighted by atomic mass is 10.6. The summed E-state index contributed by atoms with van der Waals surface area (Å²) in [6, 6.07) is 1.56. The van der Waals surface area contributed by atoms with Crippen LogP contribution in [0.5, 0.6) is 0 Å². The topological polar surface area (TPSA) is 104 Å². The molecule has 3 rings (SSSR count). The van der Waals surface area contributed by atoms with E-state index in [0.717, 1.165) is 0 Å². The lowest BCUT2D eigenvalue weighted by Crippen LogP contribution is -2.07. The van der Waals surface area contributed by atoms with Crippen molar-refractivity contribution >= 4 is 15.7 Å². The van der Waals surface area contributed by atoms with E-state index in [2.05, 4.69) is 15.0 Å². The predicted molar refractivity (Wildman–Crippen MR) is 63.8 cm³/mol. The molecule has 2 N–H and O–H groups in total. The van der Waals surface area contributed by atoms with E-state index in [9.17, 15) is 8.42 Å². The molecule has 2 aromatic rings. The highest BCUT2D eigenvalue weighted by Crippen LogP contribution is 2.32. The second kappa shape index (κ2) is 3.77. The van der Waals surface area contributed by atoms with Gasteiger partial charge in [-0.05, 0) is 18.9 Å². The van der Waals surface area contributed by atoms with Gasteiger partial charge in [-0.3, -0.25) is 4.57 Å². The van der Waals surface area contributed by atoms with Crippen molar-refractivity contribution in [1.29, 1.82) is 0 Å². The smallest absolute Gasteiger partial charge is 0.236 e. The maximum Gasteiger partial charge on any atom is 0.236 e. The summed E-state index contributed by atoms with van der Waals surface area (Å²) in [6.07, 6.45) is 5.73. The van der Waals surface area contributed by atoms with Crippen molar-refractivity contribution < 1.29 is 8.42 Å². The SMILES string of the molecule is Nc1ccnc(-n2cnc(S(=O)(=O)C3CC3)c2)n1. The predicted octanol–water partition coefficient (Wildman–Crippen LogP) is 0.181. The molecule has 0 aliphatic heterocycles. The third-order valence-electron chi connectivity index (χ3n) is 2.71. The van der Waals surface area contributed by atoms with E-state index >= 15 is 0 Å². The molecule has 1 saturated carbocycles. The summed E-state index contributed by atoms with van der Waals surface area (Å²) in [5.41, 5.74) is 5.54. The maximum absolute atomic E-state index is 12.0. The van der Waals surface area contributed by atoms with E-state index in [-0.39, 0.29) is 10.3 Å². The molecule has 2 heterocycles. The number of anilines is 1. The Kier molecular flexibility index (Phi) is 2.34. The molecule has 7 nitrogen and oxygen atoms in total. The number of hydrogen-bond donors (Lipinski definition) is 1. The third kappa shape index (κ3) is 1.84. The minimum Gasteiger partial charge on any atom is -0.384 e. The van der Waals surface area contributed by atoms with Gasteiger partial charge in [-0.15, -0.1) is 0 Å². The van der Waals surface area contributed by atoms with Crippen molar-refractivity contribution in [3.05, 3.63) is 24.8 Å². The lowest BCUT2D eigenvalue weighted by Gasteiger charge is -1.99. The van der Waals surface area contributed by atoms with Crippen molar-refractivity contribution in [2.45, 2.75) is 23.1 Å². The molecule has 1 fully saturated rings. The average molecular weight is 265 g/mol. The Balaban J connectivity index is 1.99. The molecule has 18 heavy (non-hydrogen) atoms. The van der Waals surface area contributed by atoms with Gasteiger partial charge in [-0.25, -0.2) is 18.4 Å². The number of aromatic nitrogens is 4. The van der Waals surface area contributed by atoms with Gasteiger partial charge in [0.2, 0.25) is 5.95 Å². The first-order chi connectivity index (χ1) is 8.57. The van der Waals surface area contributed by atoms with Crippen LogP contribution < -0.4 is 5.73 Å². The van der Waals surface area contributed by atoms with Gasteiger partial charge >= 0.3 is 0 Å². The molecule has 0 bridgehead atoms. The molecule has 1 aliphatic rings. The van der Waals surface area contributed by atoms with Crippen molar-refractivity contribution in [2.24, 2.45) is 0 Å². The van der Waals surface area contributed by atoms with Crippen molar-refractivity contribution in [2.75, 3.05) is 5.73 Å². The monoisotopic (exact) mass is 265 g/mol. The average Bonchev–Trinajstić information content (AvgIpc) is 3.07. The Bertz CT molecular complexity index is 690. The summed E-state index contributed by atoms with van der Waals surface area (Å²) in [5, 5.41) is -0.210. The van der Waals surface area contributed by atoms with E-state index in [1.165, 1.54) is 23.3 Å². The first kappa shape index (κ1) is 11.1. The minimum atomic E-state index is -3.28.